The fourth-order valence-corrected chi connectivity index (χ4v) is 3.45. The molecule has 3 aromatic carbocycles. The third kappa shape index (κ3) is 4.06. The summed E-state index contributed by atoms with van der Waals surface area (Å²) in [6, 6.07) is 19.1. The molecule has 29 heavy (non-hydrogen) atoms. The number of anilines is 1. The normalized spacial score (nSPS) is 12.2. The highest BCUT2D eigenvalue weighted by molar-refractivity contribution is 6.30. The van der Waals surface area contributed by atoms with Crippen LogP contribution in [0.3, 0.4) is 0 Å². The van der Waals surface area contributed by atoms with Crippen LogP contribution in [0.5, 0.6) is 5.75 Å². The Morgan fingerprint density at radius 3 is 2.59 bits per heavy atom. The molecular formula is C23H21ClN2O3. The molecule has 0 saturated heterocycles. The van der Waals surface area contributed by atoms with Crippen LogP contribution in [0.2, 0.25) is 5.02 Å². The molecule has 1 atom stereocenters. The van der Waals surface area contributed by atoms with Gasteiger partial charge in [-0.25, -0.2) is 0 Å². The number of para-hydroxylation sites is 1. The smallest absolute Gasteiger partial charge is 0.238 e. The number of rotatable bonds is 6. The number of fused-ring (bicyclic) bond motifs is 3. The first-order valence-electron chi connectivity index (χ1n) is 9.33. The minimum atomic E-state index is -0.167. The molecule has 1 heterocycles. The van der Waals surface area contributed by atoms with Gasteiger partial charge in [0, 0.05) is 27.9 Å². The number of amides is 1. The second-order valence-electron chi connectivity index (χ2n) is 6.85. The number of carbonyl (C=O) groups excluding carboxylic acids is 1. The highest BCUT2D eigenvalue weighted by Crippen LogP contribution is 2.36. The summed E-state index contributed by atoms with van der Waals surface area (Å²) in [7, 11) is 1.58. The van der Waals surface area contributed by atoms with Gasteiger partial charge < -0.3 is 19.8 Å². The van der Waals surface area contributed by atoms with Crippen molar-refractivity contribution in [1.82, 2.24) is 5.32 Å². The van der Waals surface area contributed by atoms with Crippen molar-refractivity contribution in [3.05, 3.63) is 71.2 Å². The molecule has 4 aromatic rings. The number of carbonyl (C=O) groups is 1. The lowest BCUT2D eigenvalue weighted by atomic mass is 10.1. The first kappa shape index (κ1) is 19.3. The van der Waals surface area contributed by atoms with Gasteiger partial charge in [-0.3, -0.25) is 4.79 Å². The molecule has 5 nitrogen and oxygen atoms in total. The number of hydrogen-bond donors (Lipinski definition) is 2. The van der Waals surface area contributed by atoms with Crippen LogP contribution < -0.4 is 15.4 Å². The maximum atomic E-state index is 12.5. The molecule has 2 N–H and O–H groups in total. The second kappa shape index (κ2) is 8.15. The summed E-state index contributed by atoms with van der Waals surface area (Å²) in [5, 5.41) is 8.77. The lowest BCUT2D eigenvalue weighted by Crippen LogP contribution is -2.30. The summed E-state index contributed by atoms with van der Waals surface area (Å²) in [6.45, 7) is 2.16. The largest absolute Gasteiger partial charge is 0.495 e. The third-order valence-electron chi connectivity index (χ3n) is 4.91. The highest BCUT2D eigenvalue weighted by atomic mass is 35.5. The molecule has 0 aliphatic rings. The molecule has 1 amide bonds. The molecule has 0 aliphatic heterocycles. The van der Waals surface area contributed by atoms with Gasteiger partial charge in [0.25, 0.3) is 0 Å². The molecule has 0 radical (unpaired) electrons. The summed E-state index contributed by atoms with van der Waals surface area (Å²) < 4.78 is 11.4. The van der Waals surface area contributed by atoms with Gasteiger partial charge in [-0.2, -0.15) is 0 Å². The standard InChI is InChI=1S/C23H21ClN2O3/c1-14(15-7-9-16(24)10-8-15)25-13-23(27)26-19-12-21-18(11-22(19)28-2)17-5-3-4-6-20(17)29-21/h3-12,14,25H,13H2,1-2H3,(H,26,27)/t14-/m1/s1. The van der Waals surface area contributed by atoms with Crippen LogP contribution in [-0.4, -0.2) is 19.6 Å². The maximum Gasteiger partial charge on any atom is 0.238 e. The first-order chi connectivity index (χ1) is 14.0. The number of benzene rings is 3. The van der Waals surface area contributed by atoms with E-state index in [1.165, 1.54) is 0 Å². The predicted molar refractivity (Wildman–Crippen MR) is 117 cm³/mol. The Hall–Kier alpha value is -3.02. The molecule has 0 bridgehead atoms. The third-order valence-corrected chi connectivity index (χ3v) is 5.16. The number of hydrogen-bond acceptors (Lipinski definition) is 4. The topological polar surface area (TPSA) is 63.5 Å². The number of methoxy groups -OCH3 is 1. The van der Waals surface area contributed by atoms with E-state index >= 15 is 0 Å². The summed E-state index contributed by atoms with van der Waals surface area (Å²) in [5.41, 5.74) is 3.13. The Kier molecular flexibility index (Phi) is 5.43. The zero-order valence-corrected chi connectivity index (χ0v) is 16.9. The summed E-state index contributed by atoms with van der Waals surface area (Å²) in [6.07, 6.45) is 0. The van der Waals surface area contributed by atoms with Crippen LogP contribution in [0.25, 0.3) is 21.9 Å². The van der Waals surface area contributed by atoms with E-state index in [1.807, 2.05) is 61.5 Å². The number of ether oxygens (including phenoxy) is 1. The molecule has 6 heteroatoms. The Balaban J connectivity index is 1.49. The lowest BCUT2D eigenvalue weighted by Gasteiger charge is -2.15. The van der Waals surface area contributed by atoms with Gasteiger partial charge in [0.2, 0.25) is 5.91 Å². The molecule has 0 fully saturated rings. The Morgan fingerprint density at radius 2 is 1.83 bits per heavy atom. The van der Waals surface area contributed by atoms with Gasteiger partial charge in [-0.1, -0.05) is 41.9 Å². The molecular weight excluding hydrogens is 388 g/mol. The average Bonchev–Trinajstić information content (AvgIpc) is 3.09. The monoisotopic (exact) mass is 408 g/mol. The minimum absolute atomic E-state index is 0.0118. The molecule has 0 saturated carbocycles. The van der Waals surface area contributed by atoms with Crippen molar-refractivity contribution in [3.63, 3.8) is 0 Å². The minimum Gasteiger partial charge on any atom is -0.495 e. The van der Waals surface area contributed by atoms with E-state index in [0.717, 1.165) is 21.9 Å². The quantitative estimate of drug-likeness (QED) is 0.440. The van der Waals surface area contributed by atoms with E-state index < -0.39 is 0 Å². The van der Waals surface area contributed by atoms with Crippen molar-refractivity contribution in [2.24, 2.45) is 0 Å². The van der Waals surface area contributed by atoms with Crippen molar-refractivity contribution in [1.29, 1.82) is 0 Å². The maximum absolute atomic E-state index is 12.5. The second-order valence-corrected chi connectivity index (χ2v) is 7.29. The Morgan fingerprint density at radius 1 is 1.07 bits per heavy atom. The molecule has 0 aliphatic carbocycles. The van der Waals surface area contributed by atoms with E-state index in [4.69, 9.17) is 20.8 Å². The van der Waals surface area contributed by atoms with Gasteiger partial charge in [0.15, 0.2) is 0 Å². The number of furan rings is 1. The molecule has 148 valence electrons. The summed E-state index contributed by atoms with van der Waals surface area (Å²) >= 11 is 5.93. The van der Waals surface area contributed by atoms with E-state index in [9.17, 15) is 4.79 Å². The van der Waals surface area contributed by atoms with Crippen molar-refractivity contribution in [3.8, 4) is 5.75 Å². The molecule has 4 rings (SSSR count). The van der Waals surface area contributed by atoms with Crippen LogP contribution in [0.15, 0.2) is 65.1 Å². The van der Waals surface area contributed by atoms with Gasteiger partial charge in [-0.05, 0) is 36.8 Å². The van der Waals surface area contributed by atoms with Gasteiger partial charge in [-0.15, -0.1) is 0 Å². The fourth-order valence-electron chi connectivity index (χ4n) is 3.33. The van der Waals surface area contributed by atoms with Crippen LogP contribution in [-0.2, 0) is 4.79 Å². The van der Waals surface area contributed by atoms with E-state index in [1.54, 1.807) is 13.2 Å². The lowest BCUT2D eigenvalue weighted by molar-refractivity contribution is -0.115. The number of halogens is 1. The van der Waals surface area contributed by atoms with Crippen LogP contribution in [0, 0.1) is 0 Å². The molecule has 0 unspecified atom stereocenters. The van der Waals surface area contributed by atoms with Crippen molar-refractivity contribution < 1.29 is 13.9 Å². The van der Waals surface area contributed by atoms with Gasteiger partial charge in [0.05, 0.1) is 19.3 Å². The Labute approximate surface area is 173 Å². The SMILES string of the molecule is COc1cc2c(cc1NC(=O)CN[C@H](C)c1ccc(Cl)cc1)oc1ccccc12. The van der Waals surface area contributed by atoms with Crippen LogP contribution in [0.1, 0.15) is 18.5 Å². The first-order valence-corrected chi connectivity index (χ1v) is 9.71. The molecule has 1 aromatic heterocycles. The predicted octanol–water partition coefficient (Wildman–Crippen LogP) is 5.54. The van der Waals surface area contributed by atoms with Gasteiger partial charge in [0.1, 0.15) is 16.9 Å². The van der Waals surface area contributed by atoms with Gasteiger partial charge >= 0.3 is 0 Å². The highest BCUT2D eigenvalue weighted by Gasteiger charge is 2.15. The van der Waals surface area contributed by atoms with E-state index in [0.29, 0.717) is 22.0 Å². The molecule has 0 spiro atoms. The summed E-state index contributed by atoms with van der Waals surface area (Å²) in [4.78, 5) is 12.5. The zero-order chi connectivity index (χ0) is 20.4. The summed E-state index contributed by atoms with van der Waals surface area (Å²) in [5.74, 6) is 0.419. The van der Waals surface area contributed by atoms with Crippen LogP contribution >= 0.6 is 11.6 Å². The number of nitrogens with one attached hydrogen (secondary N) is 2. The van der Waals surface area contributed by atoms with Crippen molar-refractivity contribution >= 4 is 45.1 Å². The zero-order valence-electron chi connectivity index (χ0n) is 16.2. The Bertz CT molecular complexity index is 1170. The van der Waals surface area contributed by atoms with Crippen molar-refractivity contribution in [2.75, 3.05) is 19.0 Å². The van der Waals surface area contributed by atoms with Crippen molar-refractivity contribution in [2.45, 2.75) is 13.0 Å². The van der Waals surface area contributed by atoms with Crippen LogP contribution in [0.4, 0.5) is 5.69 Å². The van der Waals surface area contributed by atoms with E-state index in [2.05, 4.69) is 10.6 Å². The van der Waals surface area contributed by atoms with E-state index in [-0.39, 0.29) is 18.5 Å². The fraction of sp³-hybridized carbons (Fsp3) is 0.174. The average molecular weight is 409 g/mol.